The molecule has 1 aliphatic heterocycles. The Morgan fingerprint density at radius 1 is 1.35 bits per heavy atom. The monoisotopic (exact) mass is 260 g/mol. The minimum absolute atomic E-state index is 0.0271. The molecule has 0 radical (unpaired) electrons. The molecular formula is C11H20N2O3S. The predicted molar refractivity (Wildman–Crippen MR) is 65.5 cm³/mol. The molecule has 1 unspecified atom stereocenters. The van der Waals surface area contributed by atoms with E-state index in [0.29, 0.717) is 19.0 Å². The van der Waals surface area contributed by atoms with Crippen LogP contribution in [0.4, 0.5) is 0 Å². The second-order valence-corrected chi connectivity index (χ2v) is 7.35. The number of nitrogens with one attached hydrogen (secondary N) is 1. The van der Waals surface area contributed by atoms with Gasteiger partial charge in [-0.3, -0.25) is 4.79 Å². The lowest BCUT2D eigenvalue weighted by Gasteiger charge is -2.16. The SMILES string of the molecule is CS(=O)(=O)CCCN1CCC(NC2CC2)C1=O. The van der Waals surface area contributed by atoms with Crippen molar-refractivity contribution < 1.29 is 13.2 Å². The van der Waals surface area contributed by atoms with Crippen LogP contribution in [-0.2, 0) is 14.6 Å². The number of hydrogen-bond donors (Lipinski definition) is 1. The van der Waals surface area contributed by atoms with Gasteiger partial charge in [0.25, 0.3) is 0 Å². The van der Waals surface area contributed by atoms with Crippen molar-refractivity contribution in [3.8, 4) is 0 Å². The molecular weight excluding hydrogens is 240 g/mol. The first kappa shape index (κ1) is 12.8. The molecule has 1 saturated carbocycles. The number of hydrogen-bond acceptors (Lipinski definition) is 4. The van der Waals surface area contributed by atoms with Crippen LogP contribution in [-0.4, -0.2) is 56.4 Å². The van der Waals surface area contributed by atoms with Crippen molar-refractivity contribution in [2.45, 2.75) is 37.8 Å². The molecule has 2 fully saturated rings. The highest BCUT2D eigenvalue weighted by Crippen LogP contribution is 2.22. The molecule has 5 nitrogen and oxygen atoms in total. The molecule has 2 aliphatic rings. The molecule has 1 saturated heterocycles. The van der Waals surface area contributed by atoms with Gasteiger partial charge in [-0.2, -0.15) is 0 Å². The van der Waals surface area contributed by atoms with Gasteiger partial charge in [0.1, 0.15) is 9.84 Å². The van der Waals surface area contributed by atoms with Gasteiger partial charge in [0.05, 0.1) is 11.8 Å². The summed E-state index contributed by atoms with van der Waals surface area (Å²) in [6, 6.07) is 0.514. The van der Waals surface area contributed by atoms with E-state index in [1.807, 2.05) is 0 Å². The van der Waals surface area contributed by atoms with Crippen LogP contribution in [0.2, 0.25) is 0 Å². The molecule has 0 spiro atoms. The summed E-state index contributed by atoms with van der Waals surface area (Å²) in [5.41, 5.74) is 0. The lowest BCUT2D eigenvalue weighted by molar-refractivity contribution is -0.129. The van der Waals surface area contributed by atoms with Crippen LogP contribution in [0.1, 0.15) is 25.7 Å². The summed E-state index contributed by atoms with van der Waals surface area (Å²) in [4.78, 5) is 13.7. The fourth-order valence-electron chi connectivity index (χ4n) is 2.17. The predicted octanol–water partition coefficient (Wildman–Crippen LogP) is -0.226. The van der Waals surface area contributed by atoms with E-state index in [0.717, 1.165) is 13.0 Å². The molecule has 1 N–H and O–H groups in total. The summed E-state index contributed by atoms with van der Waals surface area (Å²) in [5.74, 6) is 0.308. The maximum atomic E-state index is 11.9. The number of rotatable bonds is 6. The van der Waals surface area contributed by atoms with E-state index in [9.17, 15) is 13.2 Å². The summed E-state index contributed by atoms with van der Waals surface area (Å²) in [6.07, 6.45) is 4.99. The zero-order valence-corrected chi connectivity index (χ0v) is 11.0. The molecule has 6 heteroatoms. The van der Waals surface area contributed by atoms with E-state index >= 15 is 0 Å². The molecule has 1 aliphatic carbocycles. The van der Waals surface area contributed by atoms with E-state index in [4.69, 9.17) is 0 Å². The third-order valence-electron chi connectivity index (χ3n) is 3.25. The summed E-state index contributed by atoms with van der Waals surface area (Å²) in [7, 11) is -2.91. The number of nitrogens with zero attached hydrogens (tertiary/aromatic N) is 1. The molecule has 1 heterocycles. The Morgan fingerprint density at radius 2 is 2.06 bits per heavy atom. The van der Waals surface area contributed by atoms with Crippen LogP contribution < -0.4 is 5.32 Å². The van der Waals surface area contributed by atoms with Gasteiger partial charge in [0.15, 0.2) is 0 Å². The van der Waals surface area contributed by atoms with E-state index in [1.165, 1.54) is 19.1 Å². The van der Waals surface area contributed by atoms with E-state index in [1.54, 1.807) is 4.90 Å². The van der Waals surface area contributed by atoms with Gasteiger partial charge in [-0.25, -0.2) is 8.42 Å². The first-order chi connectivity index (χ1) is 7.96. The van der Waals surface area contributed by atoms with Crippen molar-refractivity contribution in [1.29, 1.82) is 0 Å². The number of carbonyl (C=O) groups excluding carboxylic acids is 1. The van der Waals surface area contributed by atoms with Crippen molar-refractivity contribution in [3.63, 3.8) is 0 Å². The highest BCUT2D eigenvalue weighted by atomic mass is 32.2. The fourth-order valence-corrected chi connectivity index (χ4v) is 2.82. The molecule has 2 rings (SSSR count). The molecule has 0 aromatic carbocycles. The fraction of sp³-hybridized carbons (Fsp3) is 0.909. The number of sulfone groups is 1. The largest absolute Gasteiger partial charge is 0.341 e. The van der Waals surface area contributed by atoms with Crippen LogP contribution in [0.25, 0.3) is 0 Å². The number of carbonyl (C=O) groups is 1. The zero-order valence-electron chi connectivity index (χ0n) is 10.2. The molecule has 17 heavy (non-hydrogen) atoms. The quantitative estimate of drug-likeness (QED) is 0.716. The number of amides is 1. The van der Waals surface area contributed by atoms with E-state index in [2.05, 4.69) is 5.32 Å². The lowest BCUT2D eigenvalue weighted by atomic mass is 10.2. The van der Waals surface area contributed by atoms with Crippen molar-refractivity contribution in [1.82, 2.24) is 10.2 Å². The average Bonchev–Trinajstić information content (AvgIpc) is 2.96. The summed E-state index contributed by atoms with van der Waals surface area (Å²) in [5, 5.41) is 3.33. The van der Waals surface area contributed by atoms with Gasteiger partial charge in [0.2, 0.25) is 5.91 Å². The molecule has 1 amide bonds. The second-order valence-electron chi connectivity index (χ2n) is 5.09. The highest BCUT2D eigenvalue weighted by Gasteiger charge is 2.35. The van der Waals surface area contributed by atoms with Gasteiger partial charge in [0, 0.05) is 25.4 Å². The van der Waals surface area contributed by atoms with Crippen LogP contribution in [0.15, 0.2) is 0 Å². The normalized spacial score (nSPS) is 25.6. The minimum atomic E-state index is -2.91. The van der Waals surface area contributed by atoms with E-state index < -0.39 is 9.84 Å². The van der Waals surface area contributed by atoms with Crippen molar-refractivity contribution >= 4 is 15.7 Å². The smallest absolute Gasteiger partial charge is 0.239 e. The van der Waals surface area contributed by atoms with E-state index in [-0.39, 0.29) is 17.7 Å². The maximum Gasteiger partial charge on any atom is 0.239 e. The number of likely N-dealkylation sites (tertiary alicyclic amines) is 1. The Kier molecular flexibility index (Phi) is 3.73. The third-order valence-corrected chi connectivity index (χ3v) is 4.29. The summed E-state index contributed by atoms with van der Waals surface area (Å²) < 4.78 is 22.0. The van der Waals surface area contributed by atoms with Gasteiger partial charge < -0.3 is 10.2 Å². The Balaban J connectivity index is 1.73. The van der Waals surface area contributed by atoms with Crippen LogP contribution in [0.5, 0.6) is 0 Å². The van der Waals surface area contributed by atoms with Crippen LogP contribution in [0.3, 0.4) is 0 Å². The Bertz CT molecular complexity index is 390. The zero-order chi connectivity index (χ0) is 12.5. The Morgan fingerprint density at radius 3 is 2.65 bits per heavy atom. The molecule has 0 aromatic heterocycles. The molecule has 0 aromatic rings. The highest BCUT2D eigenvalue weighted by molar-refractivity contribution is 7.90. The molecule has 0 bridgehead atoms. The summed E-state index contributed by atoms with van der Waals surface area (Å²) in [6.45, 7) is 1.32. The van der Waals surface area contributed by atoms with Gasteiger partial charge in [-0.05, 0) is 25.7 Å². The molecule has 98 valence electrons. The first-order valence-electron chi connectivity index (χ1n) is 6.18. The first-order valence-corrected chi connectivity index (χ1v) is 8.24. The Labute approximate surface area is 102 Å². The average molecular weight is 260 g/mol. The van der Waals surface area contributed by atoms with Crippen molar-refractivity contribution in [3.05, 3.63) is 0 Å². The Hall–Kier alpha value is -0.620. The van der Waals surface area contributed by atoms with Gasteiger partial charge in [-0.1, -0.05) is 0 Å². The summed E-state index contributed by atoms with van der Waals surface area (Å²) >= 11 is 0. The standard InChI is InChI=1S/C11H20N2O3S/c1-17(15,16)8-2-6-13-7-5-10(11(13)14)12-9-3-4-9/h9-10,12H,2-8H2,1H3. The van der Waals surface area contributed by atoms with Crippen molar-refractivity contribution in [2.24, 2.45) is 0 Å². The van der Waals surface area contributed by atoms with Crippen molar-refractivity contribution in [2.75, 3.05) is 25.1 Å². The topological polar surface area (TPSA) is 66.5 Å². The second kappa shape index (κ2) is 4.94. The lowest BCUT2D eigenvalue weighted by Crippen LogP contribution is -2.39. The van der Waals surface area contributed by atoms with Gasteiger partial charge >= 0.3 is 0 Å². The maximum absolute atomic E-state index is 11.9. The van der Waals surface area contributed by atoms with Crippen LogP contribution in [0, 0.1) is 0 Å². The minimum Gasteiger partial charge on any atom is -0.341 e. The van der Waals surface area contributed by atoms with Gasteiger partial charge in [-0.15, -0.1) is 0 Å². The molecule has 1 atom stereocenters. The van der Waals surface area contributed by atoms with Crippen LogP contribution >= 0.6 is 0 Å². The third kappa shape index (κ3) is 3.96.